The van der Waals surface area contributed by atoms with Gasteiger partial charge in [0, 0.05) is 44.6 Å². The molecule has 1 aromatic heterocycles. The number of aliphatic hydroxyl groups is 1. The number of halogens is 3. The third-order valence-corrected chi connectivity index (χ3v) is 6.76. The molecule has 1 aliphatic carbocycles. The normalized spacial score (nSPS) is 26.1. The highest BCUT2D eigenvalue weighted by Crippen LogP contribution is 2.43. The number of carbonyl (C=O) groups is 1. The molecule has 0 radical (unpaired) electrons. The molecular formula is C22H24F3N5O3. The first-order chi connectivity index (χ1) is 15.7. The van der Waals surface area contributed by atoms with Gasteiger partial charge in [0.2, 0.25) is 5.95 Å². The molecule has 1 aromatic carbocycles. The van der Waals surface area contributed by atoms with E-state index in [1.807, 2.05) is 0 Å². The Morgan fingerprint density at radius 2 is 1.94 bits per heavy atom. The number of anilines is 3. The Bertz CT molecular complexity index is 1100. The summed E-state index contributed by atoms with van der Waals surface area (Å²) < 4.78 is 45.4. The molecule has 1 amide bonds. The van der Waals surface area contributed by atoms with Gasteiger partial charge in [0.25, 0.3) is 5.91 Å². The summed E-state index contributed by atoms with van der Waals surface area (Å²) in [5, 5.41) is 13.2. The smallest absolute Gasteiger partial charge is 0.255 e. The van der Waals surface area contributed by atoms with Gasteiger partial charge in [-0.3, -0.25) is 4.79 Å². The van der Waals surface area contributed by atoms with Gasteiger partial charge in [0.1, 0.15) is 23.1 Å². The highest BCUT2D eigenvalue weighted by atomic mass is 19.2. The van der Waals surface area contributed by atoms with E-state index in [-0.39, 0.29) is 30.4 Å². The summed E-state index contributed by atoms with van der Waals surface area (Å²) in [4.78, 5) is 25.6. The van der Waals surface area contributed by atoms with Crippen molar-refractivity contribution in [2.75, 3.05) is 35.3 Å². The van der Waals surface area contributed by atoms with Crippen LogP contribution in [0.1, 0.15) is 31.9 Å². The quantitative estimate of drug-likeness (QED) is 0.658. The minimum Gasteiger partial charge on any atom is -0.490 e. The van der Waals surface area contributed by atoms with Crippen molar-refractivity contribution < 1.29 is 27.8 Å². The molecule has 11 heteroatoms. The first-order valence-electron chi connectivity index (χ1n) is 10.9. The number of hydrogen-bond acceptors (Lipinski definition) is 7. The number of amides is 1. The van der Waals surface area contributed by atoms with Gasteiger partial charge in [-0.05, 0) is 19.8 Å². The van der Waals surface area contributed by atoms with E-state index in [1.54, 1.807) is 23.8 Å². The summed E-state index contributed by atoms with van der Waals surface area (Å²) in [5.74, 6) is -3.33. The zero-order valence-corrected chi connectivity index (χ0v) is 18.2. The molecule has 5 rings (SSSR count). The summed E-state index contributed by atoms with van der Waals surface area (Å²) in [6.45, 7) is 1.91. The van der Waals surface area contributed by atoms with Crippen LogP contribution < -0.4 is 19.9 Å². The number of hydrogen-bond donors (Lipinski definition) is 2. The fourth-order valence-corrected chi connectivity index (χ4v) is 4.55. The molecule has 2 aromatic rings. The van der Waals surface area contributed by atoms with Crippen molar-refractivity contribution in [1.82, 2.24) is 9.97 Å². The van der Waals surface area contributed by atoms with Crippen LogP contribution in [0.3, 0.4) is 0 Å². The van der Waals surface area contributed by atoms with Crippen LogP contribution in [0.5, 0.6) is 5.75 Å². The van der Waals surface area contributed by atoms with E-state index in [9.17, 15) is 23.1 Å². The Hall–Kier alpha value is -3.08. The molecule has 1 saturated carbocycles. The largest absolute Gasteiger partial charge is 0.490 e. The lowest BCUT2D eigenvalue weighted by Crippen LogP contribution is -2.64. The number of benzene rings is 1. The van der Waals surface area contributed by atoms with E-state index in [2.05, 4.69) is 15.3 Å². The molecular weight excluding hydrogens is 439 g/mol. The summed E-state index contributed by atoms with van der Waals surface area (Å²) in [6.07, 6.45) is 2.29. The summed E-state index contributed by atoms with van der Waals surface area (Å²) in [5.41, 5.74) is 0.362. The van der Waals surface area contributed by atoms with E-state index in [0.29, 0.717) is 43.3 Å². The third kappa shape index (κ3) is 3.45. The second-order valence-electron chi connectivity index (χ2n) is 8.97. The van der Waals surface area contributed by atoms with E-state index < -0.39 is 23.0 Å². The van der Waals surface area contributed by atoms with E-state index >= 15 is 0 Å². The van der Waals surface area contributed by atoms with Gasteiger partial charge >= 0.3 is 0 Å². The second-order valence-corrected chi connectivity index (χ2v) is 8.97. The van der Waals surface area contributed by atoms with Crippen LogP contribution in [-0.2, 0) is 11.2 Å². The SMILES string of the molecule is CN1c2nc(N[C@H]3C[C@H](Oc4cc(F)c(F)c(F)c4)C3)nc3c2N(CCC3)C(=O)[C@]1(C)CO. The first-order valence-corrected chi connectivity index (χ1v) is 10.9. The van der Waals surface area contributed by atoms with Crippen molar-refractivity contribution >= 4 is 23.4 Å². The monoisotopic (exact) mass is 463 g/mol. The number of likely N-dealkylation sites (N-methyl/N-ethyl adjacent to an activating group) is 1. The second kappa shape index (κ2) is 7.75. The van der Waals surface area contributed by atoms with E-state index in [4.69, 9.17) is 4.74 Å². The van der Waals surface area contributed by atoms with Gasteiger partial charge in [-0.2, -0.15) is 4.98 Å². The number of ether oxygens (including phenoxy) is 1. The zero-order chi connectivity index (χ0) is 23.5. The molecule has 2 N–H and O–H groups in total. The zero-order valence-electron chi connectivity index (χ0n) is 18.2. The standard InChI is InChI=1S/C22H24F3N5O3/c1-22(10-31)20(32)30-5-3-4-16-18(30)19(29(22)2)28-21(27-16)26-11-6-12(7-11)33-13-8-14(23)17(25)15(24)9-13/h8-9,11-12,31H,3-7,10H2,1-2H3,(H,26,27,28)/t11-,12-,22-/m0/s1. The molecule has 1 atom stereocenters. The first kappa shape index (κ1) is 21.7. The van der Waals surface area contributed by atoms with Crippen LogP contribution in [0, 0.1) is 17.5 Å². The Morgan fingerprint density at radius 3 is 2.61 bits per heavy atom. The predicted molar refractivity (Wildman–Crippen MR) is 114 cm³/mol. The highest BCUT2D eigenvalue weighted by Gasteiger charge is 2.49. The van der Waals surface area contributed by atoms with Gasteiger partial charge in [0.15, 0.2) is 23.3 Å². The Balaban J connectivity index is 1.31. The number of nitrogens with zero attached hydrogens (tertiary/aromatic N) is 4. The number of nitrogens with one attached hydrogen (secondary N) is 1. The molecule has 0 bridgehead atoms. The van der Waals surface area contributed by atoms with Crippen molar-refractivity contribution in [1.29, 1.82) is 0 Å². The minimum absolute atomic E-state index is 0.0187. The Kier molecular flexibility index (Phi) is 5.11. The maximum atomic E-state index is 13.4. The van der Waals surface area contributed by atoms with E-state index in [0.717, 1.165) is 24.2 Å². The fourth-order valence-electron chi connectivity index (χ4n) is 4.55. The number of carbonyl (C=O) groups excluding carboxylic acids is 1. The molecule has 176 valence electrons. The molecule has 3 aliphatic rings. The van der Waals surface area contributed by atoms with Gasteiger partial charge in [-0.1, -0.05) is 0 Å². The lowest BCUT2D eigenvalue weighted by molar-refractivity contribution is -0.125. The van der Waals surface area contributed by atoms with Gasteiger partial charge < -0.3 is 25.0 Å². The van der Waals surface area contributed by atoms with Crippen LogP contribution in [0.2, 0.25) is 0 Å². The molecule has 1 fully saturated rings. The lowest BCUT2D eigenvalue weighted by atomic mass is 9.89. The summed E-state index contributed by atoms with van der Waals surface area (Å²) in [6, 6.07) is 1.64. The number of rotatable bonds is 5. The average Bonchev–Trinajstić information content (AvgIpc) is 2.77. The predicted octanol–water partition coefficient (Wildman–Crippen LogP) is 2.40. The maximum Gasteiger partial charge on any atom is 0.255 e. The van der Waals surface area contributed by atoms with Crippen molar-refractivity contribution in [3.05, 3.63) is 35.3 Å². The minimum atomic E-state index is -1.52. The average molecular weight is 463 g/mol. The molecule has 0 spiro atoms. The van der Waals surface area contributed by atoms with Crippen LogP contribution in [0.4, 0.5) is 30.6 Å². The Morgan fingerprint density at radius 1 is 1.24 bits per heavy atom. The van der Waals surface area contributed by atoms with E-state index in [1.165, 1.54) is 0 Å². The van der Waals surface area contributed by atoms with Crippen molar-refractivity contribution in [3.63, 3.8) is 0 Å². The van der Waals surface area contributed by atoms with Crippen LogP contribution in [0.25, 0.3) is 0 Å². The van der Waals surface area contributed by atoms with Gasteiger partial charge in [0.05, 0.1) is 12.3 Å². The van der Waals surface area contributed by atoms with Crippen molar-refractivity contribution in [2.24, 2.45) is 0 Å². The molecule has 0 saturated heterocycles. The maximum absolute atomic E-state index is 13.4. The van der Waals surface area contributed by atoms with Gasteiger partial charge in [-0.25, -0.2) is 18.2 Å². The van der Waals surface area contributed by atoms with Crippen LogP contribution >= 0.6 is 0 Å². The van der Waals surface area contributed by atoms with Gasteiger partial charge in [-0.15, -0.1) is 0 Å². The highest BCUT2D eigenvalue weighted by molar-refractivity contribution is 6.08. The summed E-state index contributed by atoms with van der Waals surface area (Å²) >= 11 is 0. The fraction of sp³-hybridized carbons (Fsp3) is 0.500. The van der Waals surface area contributed by atoms with Crippen molar-refractivity contribution in [2.45, 2.75) is 50.3 Å². The topological polar surface area (TPSA) is 90.8 Å². The third-order valence-electron chi connectivity index (χ3n) is 6.76. The number of aliphatic hydroxyl groups excluding tert-OH is 1. The number of aromatic nitrogens is 2. The molecule has 2 aliphatic heterocycles. The molecule has 8 nitrogen and oxygen atoms in total. The summed E-state index contributed by atoms with van der Waals surface area (Å²) in [7, 11) is 1.74. The number of aryl methyl sites for hydroxylation is 1. The molecule has 33 heavy (non-hydrogen) atoms. The molecule has 3 heterocycles. The van der Waals surface area contributed by atoms with Crippen LogP contribution in [-0.4, -0.2) is 58.9 Å². The molecule has 0 unspecified atom stereocenters. The lowest BCUT2D eigenvalue weighted by Gasteiger charge is -2.48. The van der Waals surface area contributed by atoms with Crippen LogP contribution in [0.15, 0.2) is 12.1 Å². The van der Waals surface area contributed by atoms with Crippen molar-refractivity contribution in [3.8, 4) is 5.75 Å². The Labute approximate surface area is 188 Å².